The van der Waals surface area contributed by atoms with Gasteiger partial charge in [-0.3, -0.25) is 4.90 Å². The van der Waals surface area contributed by atoms with Crippen molar-refractivity contribution in [3.8, 4) is 0 Å². The maximum Gasteiger partial charge on any atom is 0.0257 e. The van der Waals surface area contributed by atoms with Crippen molar-refractivity contribution < 1.29 is 0 Å². The lowest BCUT2D eigenvalue weighted by molar-refractivity contribution is 0.0632. The molecule has 2 heterocycles. The van der Waals surface area contributed by atoms with E-state index in [-0.39, 0.29) is 0 Å². The minimum Gasteiger partial charge on any atom is -0.326 e. The normalized spacial score (nSPS) is 58.0. The van der Waals surface area contributed by atoms with Crippen LogP contribution in [0.15, 0.2) is 0 Å². The molecule has 2 N–H and O–H groups in total. The highest BCUT2D eigenvalue weighted by Gasteiger charge is 2.53. The van der Waals surface area contributed by atoms with Crippen molar-refractivity contribution in [1.82, 2.24) is 4.90 Å². The maximum atomic E-state index is 6.04. The van der Waals surface area contributed by atoms with E-state index in [1.165, 1.54) is 25.8 Å². The summed E-state index contributed by atoms with van der Waals surface area (Å²) in [7, 11) is 0. The van der Waals surface area contributed by atoms with Gasteiger partial charge in [0.15, 0.2) is 0 Å². The van der Waals surface area contributed by atoms with E-state index in [2.05, 4.69) is 11.8 Å². The van der Waals surface area contributed by atoms with Crippen LogP contribution in [0.25, 0.3) is 0 Å². The fourth-order valence-corrected chi connectivity index (χ4v) is 3.22. The van der Waals surface area contributed by atoms with E-state index < -0.39 is 0 Å². The fraction of sp³-hybridized carbons (Fsp3) is 1.00. The summed E-state index contributed by atoms with van der Waals surface area (Å²) in [5, 5.41) is 0. The summed E-state index contributed by atoms with van der Waals surface area (Å²) in [5.41, 5.74) is 6.04. The molecule has 0 radical (unpaired) electrons. The van der Waals surface area contributed by atoms with Crippen molar-refractivity contribution >= 4 is 0 Å². The van der Waals surface area contributed by atoms with Crippen LogP contribution in [0, 0.1) is 11.8 Å². The smallest absolute Gasteiger partial charge is 0.0257 e. The molecule has 5 unspecified atom stereocenters. The standard InChI is InChI=1S/C10H18N2/c1-6-2-3-8(6)12-5-7-4-9(12)10(7)11/h6-10H,2-5,11H2,1H3. The maximum absolute atomic E-state index is 6.04. The van der Waals surface area contributed by atoms with Gasteiger partial charge < -0.3 is 5.73 Å². The lowest BCUT2D eigenvalue weighted by atomic mass is 9.78. The molecule has 0 aromatic carbocycles. The zero-order valence-corrected chi connectivity index (χ0v) is 7.74. The van der Waals surface area contributed by atoms with Gasteiger partial charge in [-0.05, 0) is 31.1 Å². The van der Waals surface area contributed by atoms with Crippen LogP contribution < -0.4 is 5.73 Å². The van der Waals surface area contributed by atoms with Gasteiger partial charge in [0.2, 0.25) is 0 Å². The Bertz CT molecular complexity index is 204. The van der Waals surface area contributed by atoms with Crippen LogP contribution in [-0.4, -0.2) is 29.6 Å². The van der Waals surface area contributed by atoms with Crippen LogP contribution in [0.1, 0.15) is 26.2 Å². The van der Waals surface area contributed by atoms with E-state index >= 15 is 0 Å². The first-order valence-corrected chi connectivity index (χ1v) is 5.28. The first-order chi connectivity index (χ1) is 5.77. The number of nitrogens with two attached hydrogens (primary N) is 1. The molecule has 4 rings (SSSR count). The van der Waals surface area contributed by atoms with Crippen LogP contribution in [0.4, 0.5) is 0 Å². The number of fused-ring (bicyclic) bond motifs is 1. The van der Waals surface area contributed by atoms with E-state index in [9.17, 15) is 0 Å². The van der Waals surface area contributed by atoms with Crippen LogP contribution in [-0.2, 0) is 0 Å². The fourth-order valence-electron chi connectivity index (χ4n) is 3.22. The van der Waals surface area contributed by atoms with E-state index in [4.69, 9.17) is 5.73 Å². The second-order valence-electron chi connectivity index (χ2n) is 4.96. The van der Waals surface area contributed by atoms with Gasteiger partial charge in [0.05, 0.1) is 0 Å². The summed E-state index contributed by atoms with van der Waals surface area (Å²) in [6.07, 6.45) is 4.26. The van der Waals surface area contributed by atoms with Crippen molar-refractivity contribution in [2.24, 2.45) is 17.6 Å². The van der Waals surface area contributed by atoms with Gasteiger partial charge in [0.1, 0.15) is 0 Å². The molecule has 2 aliphatic heterocycles. The summed E-state index contributed by atoms with van der Waals surface area (Å²) in [6.45, 7) is 3.69. The van der Waals surface area contributed by atoms with Gasteiger partial charge in [0, 0.05) is 24.7 Å². The molecule has 0 aromatic rings. The molecule has 2 aliphatic carbocycles. The Kier molecular flexibility index (Phi) is 1.37. The zero-order chi connectivity index (χ0) is 8.29. The Morgan fingerprint density at radius 2 is 2.08 bits per heavy atom. The third-order valence-corrected chi connectivity index (χ3v) is 4.40. The van der Waals surface area contributed by atoms with Crippen molar-refractivity contribution in [2.75, 3.05) is 6.54 Å². The second kappa shape index (κ2) is 2.24. The predicted molar refractivity (Wildman–Crippen MR) is 48.8 cm³/mol. The average Bonchev–Trinajstić information content (AvgIpc) is 2.57. The van der Waals surface area contributed by atoms with Gasteiger partial charge in [0.25, 0.3) is 0 Å². The van der Waals surface area contributed by atoms with Gasteiger partial charge in [-0.25, -0.2) is 0 Å². The summed E-state index contributed by atoms with van der Waals surface area (Å²) in [5.74, 6) is 1.79. The number of nitrogens with zero attached hydrogens (tertiary/aromatic N) is 1. The molecule has 2 saturated heterocycles. The number of rotatable bonds is 1. The Balaban J connectivity index is 1.71. The third-order valence-electron chi connectivity index (χ3n) is 4.40. The first-order valence-electron chi connectivity index (χ1n) is 5.28. The molecular weight excluding hydrogens is 148 g/mol. The van der Waals surface area contributed by atoms with E-state index in [1.807, 2.05) is 0 Å². The SMILES string of the molecule is CC1CCC1N1CC2CC1C2N. The first kappa shape index (κ1) is 7.34. The summed E-state index contributed by atoms with van der Waals surface area (Å²) in [6, 6.07) is 2.19. The van der Waals surface area contributed by atoms with Crippen LogP contribution >= 0.6 is 0 Å². The molecule has 0 spiro atoms. The Morgan fingerprint density at radius 3 is 2.42 bits per heavy atom. The molecule has 4 aliphatic rings. The molecule has 2 saturated carbocycles. The lowest BCUT2D eigenvalue weighted by Gasteiger charge is -2.44. The Morgan fingerprint density at radius 1 is 1.25 bits per heavy atom. The van der Waals surface area contributed by atoms with Gasteiger partial charge in [-0.2, -0.15) is 0 Å². The summed E-state index contributed by atoms with van der Waals surface area (Å²) >= 11 is 0. The Hall–Kier alpha value is -0.0800. The van der Waals surface area contributed by atoms with E-state index in [0.717, 1.165) is 23.9 Å². The summed E-state index contributed by atoms with van der Waals surface area (Å²) in [4.78, 5) is 2.70. The number of hydrogen-bond donors (Lipinski definition) is 1. The summed E-state index contributed by atoms with van der Waals surface area (Å²) < 4.78 is 0. The average molecular weight is 166 g/mol. The largest absolute Gasteiger partial charge is 0.326 e. The minimum atomic E-state index is 0.526. The molecule has 68 valence electrons. The third kappa shape index (κ3) is 0.728. The minimum absolute atomic E-state index is 0.526. The molecule has 2 heteroatoms. The van der Waals surface area contributed by atoms with Crippen molar-refractivity contribution in [1.29, 1.82) is 0 Å². The molecule has 2 nitrogen and oxygen atoms in total. The zero-order valence-electron chi connectivity index (χ0n) is 7.74. The van der Waals surface area contributed by atoms with Gasteiger partial charge >= 0.3 is 0 Å². The highest BCUT2D eigenvalue weighted by Crippen LogP contribution is 2.45. The highest BCUT2D eigenvalue weighted by molar-refractivity contribution is 5.10. The van der Waals surface area contributed by atoms with Gasteiger partial charge in [-0.15, -0.1) is 0 Å². The van der Waals surface area contributed by atoms with Crippen molar-refractivity contribution in [3.05, 3.63) is 0 Å². The topological polar surface area (TPSA) is 29.3 Å². The van der Waals surface area contributed by atoms with Crippen LogP contribution in [0.5, 0.6) is 0 Å². The lowest BCUT2D eigenvalue weighted by Crippen LogP contribution is -2.54. The Labute approximate surface area is 74.1 Å². The van der Waals surface area contributed by atoms with Gasteiger partial charge in [-0.1, -0.05) is 6.92 Å². The number of hydrogen-bond acceptors (Lipinski definition) is 2. The van der Waals surface area contributed by atoms with Crippen LogP contribution in [0.2, 0.25) is 0 Å². The molecule has 4 fully saturated rings. The van der Waals surface area contributed by atoms with E-state index in [1.54, 1.807) is 0 Å². The molecule has 5 atom stereocenters. The second-order valence-corrected chi connectivity index (χ2v) is 4.96. The quantitative estimate of drug-likeness (QED) is 0.625. The molecule has 12 heavy (non-hydrogen) atoms. The highest BCUT2D eigenvalue weighted by atomic mass is 15.3. The molecular formula is C10H18N2. The predicted octanol–water partition coefficient (Wildman–Crippen LogP) is 0.816. The molecule has 2 bridgehead atoms. The van der Waals surface area contributed by atoms with E-state index in [0.29, 0.717) is 6.04 Å². The molecule has 0 aromatic heterocycles. The van der Waals surface area contributed by atoms with Crippen molar-refractivity contribution in [3.63, 3.8) is 0 Å². The van der Waals surface area contributed by atoms with Crippen LogP contribution in [0.3, 0.4) is 0 Å². The van der Waals surface area contributed by atoms with Crippen molar-refractivity contribution in [2.45, 2.75) is 44.3 Å². The molecule has 0 amide bonds. The monoisotopic (exact) mass is 166 g/mol.